The van der Waals surface area contributed by atoms with Crippen LogP contribution in [0.2, 0.25) is 0 Å². The Morgan fingerprint density at radius 1 is 1.38 bits per heavy atom. The van der Waals surface area contributed by atoms with Crippen molar-refractivity contribution in [3.05, 3.63) is 50.9 Å². The molecule has 0 radical (unpaired) electrons. The summed E-state index contributed by atoms with van der Waals surface area (Å²) in [7, 11) is -2.21. The van der Waals surface area contributed by atoms with Gasteiger partial charge in [0.15, 0.2) is 5.78 Å². The summed E-state index contributed by atoms with van der Waals surface area (Å²) in [5, 5.41) is 4.86. The van der Waals surface area contributed by atoms with E-state index in [1.54, 1.807) is 31.2 Å². The molecule has 2 N–H and O–H groups in total. The average Bonchev–Trinajstić information content (AvgIpc) is 3.39. The van der Waals surface area contributed by atoms with Crippen molar-refractivity contribution in [1.82, 2.24) is 15.0 Å². The molecule has 1 aliphatic rings. The van der Waals surface area contributed by atoms with Gasteiger partial charge in [-0.05, 0) is 48.7 Å². The summed E-state index contributed by atoms with van der Waals surface area (Å²) in [5.41, 5.74) is -0.495. The number of carbonyl (C=O) groups is 1. The van der Waals surface area contributed by atoms with Crippen LogP contribution in [0.15, 0.2) is 40.3 Å². The van der Waals surface area contributed by atoms with Crippen molar-refractivity contribution >= 4 is 60.3 Å². The lowest BCUT2D eigenvalue weighted by Gasteiger charge is -2.37. The molecule has 0 saturated heterocycles. The molecule has 10 heteroatoms. The predicted molar refractivity (Wildman–Crippen MR) is 123 cm³/mol. The van der Waals surface area contributed by atoms with Crippen molar-refractivity contribution in [1.29, 1.82) is 0 Å². The van der Waals surface area contributed by atoms with Gasteiger partial charge in [-0.3, -0.25) is 4.79 Å². The monoisotopic (exact) mass is 515 g/mol. The fourth-order valence-corrected chi connectivity index (χ4v) is 7.16. The number of nitrogens with zero attached hydrogens (tertiary/aromatic N) is 1. The summed E-state index contributed by atoms with van der Waals surface area (Å²) >= 11 is 10.2. The lowest BCUT2D eigenvalue weighted by Crippen LogP contribution is -2.57. The molecular weight excluding hydrogens is 494 g/mol. The topological polar surface area (TPSA) is 88.2 Å². The largest absolute Gasteiger partial charge is 0.366 e. The highest BCUT2D eigenvalue weighted by atomic mass is 79.9. The SMILES string of the molecule is CNS(=O)(=O)C(C1CC1)C(C)(NC(=S)CC(=O)c1ccccc1)c1nc(Br)cs1. The molecule has 0 bridgehead atoms. The van der Waals surface area contributed by atoms with Crippen molar-refractivity contribution in [3.63, 3.8) is 0 Å². The fraction of sp³-hybridized carbons (Fsp3) is 0.421. The van der Waals surface area contributed by atoms with E-state index in [9.17, 15) is 13.2 Å². The van der Waals surface area contributed by atoms with Crippen LogP contribution in [-0.4, -0.2) is 36.5 Å². The second kappa shape index (κ2) is 8.89. The van der Waals surface area contributed by atoms with Crippen molar-refractivity contribution in [2.75, 3.05) is 7.05 Å². The zero-order chi connectivity index (χ0) is 21.2. The van der Waals surface area contributed by atoms with Crippen LogP contribution in [0.5, 0.6) is 0 Å². The third-order valence-corrected chi connectivity index (χ3v) is 9.10. The van der Waals surface area contributed by atoms with Crippen LogP contribution < -0.4 is 10.0 Å². The first-order valence-electron chi connectivity index (χ1n) is 9.10. The van der Waals surface area contributed by atoms with Gasteiger partial charge in [0, 0.05) is 10.9 Å². The number of nitrogens with one attached hydrogen (secondary N) is 2. The first-order valence-corrected chi connectivity index (χ1v) is 12.7. The third kappa shape index (κ3) is 5.11. The quantitative estimate of drug-likeness (QED) is 0.391. The van der Waals surface area contributed by atoms with Gasteiger partial charge < -0.3 is 5.32 Å². The highest BCUT2D eigenvalue weighted by molar-refractivity contribution is 9.10. The van der Waals surface area contributed by atoms with Gasteiger partial charge in [0.25, 0.3) is 0 Å². The van der Waals surface area contributed by atoms with Crippen LogP contribution in [0.4, 0.5) is 0 Å². The van der Waals surface area contributed by atoms with Gasteiger partial charge >= 0.3 is 0 Å². The van der Waals surface area contributed by atoms with Gasteiger partial charge in [-0.2, -0.15) is 0 Å². The molecule has 1 fully saturated rings. The summed E-state index contributed by atoms with van der Waals surface area (Å²) in [4.78, 5) is 17.4. The first kappa shape index (κ1) is 22.5. The molecule has 29 heavy (non-hydrogen) atoms. The number of ketones is 1. The van der Waals surface area contributed by atoms with Crippen LogP contribution >= 0.6 is 39.5 Å². The molecule has 2 aromatic rings. The zero-order valence-corrected chi connectivity index (χ0v) is 20.1. The van der Waals surface area contributed by atoms with Crippen LogP contribution in [0.1, 0.15) is 41.6 Å². The first-order chi connectivity index (χ1) is 13.7. The number of halogens is 1. The van der Waals surface area contributed by atoms with Crippen molar-refractivity contribution < 1.29 is 13.2 Å². The molecule has 1 heterocycles. The lowest BCUT2D eigenvalue weighted by atomic mass is 9.94. The Kier molecular flexibility index (Phi) is 6.89. The lowest BCUT2D eigenvalue weighted by molar-refractivity contribution is 0.1000. The van der Waals surface area contributed by atoms with Crippen molar-refractivity contribution in [2.45, 2.75) is 37.0 Å². The van der Waals surface area contributed by atoms with E-state index >= 15 is 0 Å². The molecule has 2 unspecified atom stereocenters. The minimum absolute atomic E-state index is 0.000232. The predicted octanol–water partition coefficient (Wildman–Crippen LogP) is 3.64. The van der Waals surface area contributed by atoms with E-state index in [1.165, 1.54) is 18.4 Å². The van der Waals surface area contributed by atoms with Crippen LogP contribution in [-0.2, 0) is 15.6 Å². The van der Waals surface area contributed by atoms with Gasteiger partial charge in [0.05, 0.1) is 11.4 Å². The maximum Gasteiger partial charge on any atom is 0.217 e. The second-order valence-electron chi connectivity index (χ2n) is 7.20. The van der Waals surface area contributed by atoms with Crippen LogP contribution in [0.25, 0.3) is 0 Å². The molecule has 6 nitrogen and oxygen atoms in total. The standard InChI is InChI=1S/C19H22BrN3O3S3/c1-19(18-22-15(20)11-28-18,17(13-8-9-13)29(25,26)21-2)23-16(27)10-14(24)12-6-4-3-5-7-12/h3-7,11,13,17,21H,8-10H2,1-2H3,(H,23,27). The maximum atomic E-state index is 12.9. The number of hydrogen-bond acceptors (Lipinski definition) is 6. The summed E-state index contributed by atoms with van der Waals surface area (Å²) in [6, 6.07) is 8.90. The van der Waals surface area contributed by atoms with Gasteiger partial charge in [0.1, 0.15) is 20.4 Å². The van der Waals surface area contributed by atoms with Gasteiger partial charge in [-0.15, -0.1) is 11.3 Å². The molecule has 1 aromatic carbocycles. The molecule has 1 aromatic heterocycles. The number of hydrogen-bond donors (Lipinski definition) is 2. The summed E-state index contributed by atoms with van der Waals surface area (Å²) < 4.78 is 29.0. The highest BCUT2D eigenvalue weighted by Gasteiger charge is 2.53. The summed E-state index contributed by atoms with van der Waals surface area (Å²) in [5.74, 6) is -0.120. The Balaban J connectivity index is 1.92. The van der Waals surface area contributed by atoms with E-state index in [2.05, 4.69) is 31.0 Å². The van der Waals surface area contributed by atoms with Crippen LogP contribution in [0.3, 0.4) is 0 Å². The Morgan fingerprint density at radius 3 is 2.55 bits per heavy atom. The summed E-state index contributed by atoms with van der Waals surface area (Å²) in [6.45, 7) is 1.80. The minimum Gasteiger partial charge on any atom is -0.366 e. The molecule has 1 saturated carbocycles. The van der Waals surface area contributed by atoms with E-state index in [0.717, 1.165) is 12.8 Å². The number of sulfonamides is 1. The average molecular weight is 517 g/mol. The molecular formula is C19H22BrN3O3S3. The van der Waals surface area contributed by atoms with E-state index in [-0.39, 0.29) is 18.1 Å². The molecule has 0 spiro atoms. The number of Topliss-reactive ketones (excluding diaryl/α,β-unsaturated/α-hetero) is 1. The number of benzene rings is 1. The van der Waals surface area contributed by atoms with E-state index < -0.39 is 20.8 Å². The van der Waals surface area contributed by atoms with Gasteiger partial charge in [-0.25, -0.2) is 18.1 Å². The highest BCUT2D eigenvalue weighted by Crippen LogP contribution is 2.45. The maximum absolute atomic E-state index is 12.9. The van der Waals surface area contributed by atoms with Gasteiger partial charge in [0.2, 0.25) is 10.0 Å². The fourth-order valence-electron chi connectivity index (χ4n) is 3.51. The number of rotatable bonds is 9. The minimum atomic E-state index is -3.63. The third-order valence-electron chi connectivity index (χ3n) is 4.97. The van der Waals surface area contributed by atoms with Gasteiger partial charge in [-0.1, -0.05) is 42.5 Å². The molecule has 0 amide bonds. The smallest absolute Gasteiger partial charge is 0.217 e. The number of carbonyl (C=O) groups excluding carboxylic acids is 1. The zero-order valence-electron chi connectivity index (χ0n) is 16.0. The second-order valence-corrected chi connectivity index (χ2v) is 11.4. The van der Waals surface area contributed by atoms with Crippen molar-refractivity contribution in [3.8, 4) is 0 Å². The normalized spacial score (nSPS) is 17.3. The summed E-state index contributed by atoms with van der Waals surface area (Å²) in [6.07, 6.45) is 1.65. The van der Waals surface area contributed by atoms with E-state index in [0.29, 0.717) is 20.2 Å². The van der Waals surface area contributed by atoms with E-state index in [4.69, 9.17) is 12.2 Å². The molecule has 3 rings (SSSR count). The van der Waals surface area contributed by atoms with Crippen molar-refractivity contribution in [2.24, 2.45) is 5.92 Å². The Hall–Kier alpha value is -1.20. The molecule has 2 atom stereocenters. The molecule has 0 aliphatic heterocycles. The number of aromatic nitrogens is 1. The molecule has 1 aliphatic carbocycles. The number of thiocarbonyl (C=S) groups is 1. The Bertz CT molecular complexity index is 1010. The Labute approximate surface area is 188 Å². The van der Waals surface area contributed by atoms with Crippen LogP contribution in [0, 0.1) is 5.92 Å². The van der Waals surface area contributed by atoms with E-state index in [1.807, 2.05) is 11.4 Å². The Morgan fingerprint density at radius 2 is 2.03 bits per heavy atom. The number of thiazole rings is 1. The molecule has 156 valence electrons.